The van der Waals surface area contributed by atoms with Gasteiger partial charge in [-0.05, 0) is 6.08 Å². The van der Waals surface area contributed by atoms with Crippen LogP contribution in [0.2, 0.25) is 0 Å². The molecule has 54 valence electrons. The van der Waals surface area contributed by atoms with Crippen molar-refractivity contribution in [3.8, 4) is 0 Å². The standard InChI is InChI=1S/C6H6O4/c7-5(8)3-4-1-2-6(9)10-4/h1-2,4H,3H2,(H,7,8). The number of hydrogen-bond donors (Lipinski definition) is 1. The number of rotatable bonds is 2. The summed E-state index contributed by atoms with van der Waals surface area (Å²) in [4.78, 5) is 20.4. The minimum atomic E-state index is -0.968. The molecule has 0 aromatic carbocycles. The lowest BCUT2D eigenvalue weighted by molar-refractivity contribution is -0.144. The van der Waals surface area contributed by atoms with E-state index in [9.17, 15) is 9.59 Å². The molecule has 0 saturated heterocycles. The van der Waals surface area contributed by atoms with Gasteiger partial charge in [-0.1, -0.05) is 0 Å². The van der Waals surface area contributed by atoms with Gasteiger partial charge in [0.25, 0.3) is 0 Å². The highest BCUT2D eigenvalue weighted by Crippen LogP contribution is 2.07. The Morgan fingerprint density at radius 3 is 2.90 bits per heavy atom. The summed E-state index contributed by atoms with van der Waals surface area (Å²) in [6.45, 7) is 0. The molecule has 1 unspecified atom stereocenters. The monoisotopic (exact) mass is 142 g/mol. The average molecular weight is 142 g/mol. The van der Waals surface area contributed by atoms with Crippen molar-refractivity contribution in [2.45, 2.75) is 12.5 Å². The second-order valence-corrected chi connectivity index (χ2v) is 1.93. The number of esters is 1. The highest BCUT2D eigenvalue weighted by Gasteiger charge is 2.18. The lowest BCUT2D eigenvalue weighted by Crippen LogP contribution is -2.12. The van der Waals surface area contributed by atoms with Gasteiger partial charge in [-0.2, -0.15) is 0 Å². The number of carboxylic acid groups (broad SMARTS) is 1. The number of hydrogen-bond acceptors (Lipinski definition) is 3. The van der Waals surface area contributed by atoms with Crippen LogP contribution in [0, 0.1) is 0 Å². The van der Waals surface area contributed by atoms with Gasteiger partial charge in [0.05, 0.1) is 6.42 Å². The molecule has 10 heavy (non-hydrogen) atoms. The van der Waals surface area contributed by atoms with E-state index in [2.05, 4.69) is 4.74 Å². The Balaban J connectivity index is 2.40. The van der Waals surface area contributed by atoms with Crippen LogP contribution < -0.4 is 0 Å². The third-order valence-corrected chi connectivity index (χ3v) is 1.09. The maximum atomic E-state index is 10.3. The summed E-state index contributed by atoms with van der Waals surface area (Å²) in [6.07, 6.45) is 1.96. The number of aliphatic carboxylic acids is 1. The number of ether oxygens (including phenoxy) is 1. The number of carboxylic acids is 1. The molecular weight excluding hydrogens is 136 g/mol. The molecular formula is C6H6O4. The van der Waals surface area contributed by atoms with Crippen molar-refractivity contribution in [3.05, 3.63) is 12.2 Å². The van der Waals surface area contributed by atoms with Crippen molar-refractivity contribution in [1.29, 1.82) is 0 Å². The second kappa shape index (κ2) is 2.51. The van der Waals surface area contributed by atoms with E-state index in [-0.39, 0.29) is 6.42 Å². The van der Waals surface area contributed by atoms with Crippen molar-refractivity contribution in [2.75, 3.05) is 0 Å². The van der Waals surface area contributed by atoms with E-state index in [0.29, 0.717) is 0 Å². The molecule has 1 aliphatic rings. The Morgan fingerprint density at radius 2 is 2.50 bits per heavy atom. The van der Waals surface area contributed by atoms with Crippen LogP contribution in [0.25, 0.3) is 0 Å². The molecule has 0 aromatic heterocycles. The fourth-order valence-corrected chi connectivity index (χ4v) is 0.695. The SMILES string of the molecule is O=C(O)CC1C=CC(=O)O1. The number of carbonyl (C=O) groups excluding carboxylic acids is 1. The van der Waals surface area contributed by atoms with E-state index in [1.165, 1.54) is 12.2 Å². The van der Waals surface area contributed by atoms with Crippen LogP contribution in [-0.2, 0) is 14.3 Å². The van der Waals surface area contributed by atoms with E-state index >= 15 is 0 Å². The molecule has 4 nitrogen and oxygen atoms in total. The third-order valence-electron chi connectivity index (χ3n) is 1.09. The van der Waals surface area contributed by atoms with E-state index < -0.39 is 18.0 Å². The Kier molecular flexibility index (Phi) is 1.71. The first-order valence-corrected chi connectivity index (χ1v) is 2.79. The van der Waals surface area contributed by atoms with Gasteiger partial charge >= 0.3 is 11.9 Å². The van der Waals surface area contributed by atoms with Crippen molar-refractivity contribution in [1.82, 2.24) is 0 Å². The first-order chi connectivity index (χ1) is 4.68. The maximum Gasteiger partial charge on any atom is 0.331 e. The van der Waals surface area contributed by atoms with Crippen LogP contribution in [0.5, 0.6) is 0 Å². The summed E-state index contributed by atoms with van der Waals surface area (Å²) in [5.41, 5.74) is 0. The first kappa shape index (κ1) is 6.80. The van der Waals surface area contributed by atoms with E-state index in [1.807, 2.05) is 0 Å². The van der Waals surface area contributed by atoms with Gasteiger partial charge < -0.3 is 9.84 Å². The zero-order chi connectivity index (χ0) is 7.56. The second-order valence-electron chi connectivity index (χ2n) is 1.93. The van der Waals surface area contributed by atoms with E-state index in [0.717, 1.165) is 0 Å². The molecule has 0 aliphatic carbocycles. The largest absolute Gasteiger partial charge is 0.481 e. The molecule has 1 heterocycles. The van der Waals surface area contributed by atoms with Crippen molar-refractivity contribution >= 4 is 11.9 Å². The van der Waals surface area contributed by atoms with Crippen LogP contribution >= 0.6 is 0 Å². The van der Waals surface area contributed by atoms with Gasteiger partial charge in [0.15, 0.2) is 0 Å². The molecule has 1 atom stereocenters. The molecule has 1 N–H and O–H groups in total. The molecule has 0 fully saturated rings. The molecule has 0 spiro atoms. The van der Waals surface area contributed by atoms with Crippen molar-refractivity contribution in [3.63, 3.8) is 0 Å². The zero-order valence-electron chi connectivity index (χ0n) is 5.11. The molecule has 0 saturated carbocycles. The normalized spacial score (nSPS) is 22.8. The molecule has 0 bridgehead atoms. The van der Waals surface area contributed by atoms with E-state index in [1.54, 1.807) is 0 Å². The Morgan fingerprint density at radius 1 is 1.80 bits per heavy atom. The average Bonchev–Trinajstić information content (AvgIpc) is 2.13. The predicted molar refractivity (Wildman–Crippen MR) is 31.3 cm³/mol. The molecule has 0 amide bonds. The van der Waals surface area contributed by atoms with Crippen molar-refractivity contribution in [2.24, 2.45) is 0 Å². The minimum absolute atomic E-state index is 0.151. The van der Waals surface area contributed by atoms with Gasteiger partial charge in [0.1, 0.15) is 6.10 Å². The highest BCUT2D eigenvalue weighted by atomic mass is 16.5. The summed E-state index contributed by atoms with van der Waals surface area (Å²) >= 11 is 0. The summed E-state index contributed by atoms with van der Waals surface area (Å²) in [5, 5.41) is 8.23. The minimum Gasteiger partial charge on any atom is -0.481 e. The molecule has 0 aromatic rings. The van der Waals surface area contributed by atoms with Gasteiger partial charge in [-0.15, -0.1) is 0 Å². The lowest BCUT2D eigenvalue weighted by atomic mass is 10.2. The Labute approximate surface area is 57.1 Å². The van der Waals surface area contributed by atoms with Crippen LogP contribution in [0.15, 0.2) is 12.2 Å². The quantitative estimate of drug-likeness (QED) is 0.548. The van der Waals surface area contributed by atoms with Crippen molar-refractivity contribution < 1.29 is 19.4 Å². The predicted octanol–water partition coefficient (Wildman–Crippen LogP) is -0.0573. The Hall–Kier alpha value is -1.32. The van der Waals surface area contributed by atoms with E-state index in [4.69, 9.17) is 5.11 Å². The van der Waals surface area contributed by atoms with Gasteiger partial charge in [0, 0.05) is 6.08 Å². The van der Waals surface area contributed by atoms with Crippen LogP contribution in [0.1, 0.15) is 6.42 Å². The van der Waals surface area contributed by atoms with Crippen LogP contribution in [0.4, 0.5) is 0 Å². The molecule has 0 radical (unpaired) electrons. The number of carbonyl (C=O) groups is 2. The third kappa shape index (κ3) is 1.58. The van der Waals surface area contributed by atoms with Gasteiger partial charge in [-0.3, -0.25) is 4.79 Å². The fraction of sp³-hybridized carbons (Fsp3) is 0.333. The highest BCUT2D eigenvalue weighted by molar-refractivity contribution is 5.85. The lowest BCUT2D eigenvalue weighted by Gasteiger charge is -2.02. The summed E-state index contributed by atoms with van der Waals surface area (Å²) < 4.78 is 4.54. The van der Waals surface area contributed by atoms with Crippen LogP contribution in [0.3, 0.4) is 0 Å². The molecule has 1 aliphatic heterocycles. The topological polar surface area (TPSA) is 63.6 Å². The smallest absolute Gasteiger partial charge is 0.331 e. The first-order valence-electron chi connectivity index (χ1n) is 2.79. The fourth-order valence-electron chi connectivity index (χ4n) is 0.695. The number of cyclic esters (lactones) is 1. The van der Waals surface area contributed by atoms with Gasteiger partial charge in [-0.25, -0.2) is 4.79 Å². The summed E-state index contributed by atoms with van der Waals surface area (Å²) in [6, 6.07) is 0. The zero-order valence-corrected chi connectivity index (χ0v) is 5.11. The summed E-state index contributed by atoms with van der Waals surface area (Å²) in [7, 11) is 0. The maximum absolute atomic E-state index is 10.3. The van der Waals surface area contributed by atoms with Gasteiger partial charge in [0.2, 0.25) is 0 Å². The van der Waals surface area contributed by atoms with Crippen LogP contribution in [-0.4, -0.2) is 23.1 Å². The molecule has 1 rings (SSSR count). The molecule has 4 heteroatoms. The summed E-state index contributed by atoms with van der Waals surface area (Å²) in [5.74, 6) is -1.43. The Bertz CT molecular complexity index is 194.